The van der Waals surface area contributed by atoms with E-state index in [9.17, 15) is 4.79 Å². The summed E-state index contributed by atoms with van der Waals surface area (Å²) in [6.45, 7) is 1.93. The average Bonchev–Trinajstić information content (AvgIpc) is 3.37. The van der Waals surface area contributed by atoms with Crippen LogP contribution in [0.15, 0.2) is 45.5 Å². The van der Waals surface area contributed by atoms with E-state index >= 15 is 0 Å². The lowest BCUT2D eigenvalue weighted by Gasteiger charge is -2.13. The molecule has 7 heteroatoms. The third kappa shape index (κ3) is 2.45. The van der Waals surface area contributed by atoms with Crippen LogP contribution in [0.5, 0.6) is 0 Å². The molecule has 0 saturated heterocycles. The summed E-state index contributed by atoms with van der Waals surface area (Å²) in [4.78, 5) is 25.5. The Hall–Kier alpha value is -2.80. The molecule has 6 nitrogen and oxygen atoms in total. The summed E-state index contributed by atoms with van der Waals surface area (Å²) in [6.07, 6.45) is 4.98. The second-order valence-electron chi connectivity index (χ2n) is 6.95. The largest absolute Gasteiger partial charge is 0.436 e. The zero-order chi connectivity index (χ0) is 18.8. The summed E-state index contributed by atoms with van der Waals surface area (Å²) in [7, 11) is 0. The van der Waals surface area contributed by atoms with Crippen LogP contribution >= 0.6 is 15.9 Å². The summed E-state index contributed by atoms with van der Waals surface area (Å²) < 4.78 is 6.90. The number of aromatic nitrogens is 3. The minimum absolute atomic E-state index is 0.326. The molecule has 1 saturated carbocycles. The lowest BCUT2D eigenvalue weighted by Crippen LogP contribution is -2.29. The van der Waals surface area contributed by atoms with Gasteiger partial charge in [0.1, 0.15) is 5.52 Å². The highest BCUT2D eigenvalue weighted by Crippen LogP contribution is 2.48. The maximum Gasteiger partial charge on any atom is 0.229 e. The molecule has 1 aromatic carbocycles. The van der Waals surface area contributed by atoms with Crippen molar-refractivity contribution in [2.24, 2.45) is 5.73 Å². The predicted molar refractivity (Wildman–Crippen MR) is 105 cm³/mol. The van der Waals surface area contributed by atoms with E-state index in [4.69, 9.17) is 10.2 Å². The second-order valence-corrected chi connectivity index (χ2v) is 7.87. The van der Waals surface area contributed by atoms with Gasteiger partial charge in [0.2, 0.25) is 11.8 Å². The number of oxazole rings is 1. The number of pyridine rings is 2. The Morgan fingerprint density at radius 2 is 2.00 bits per heavy atom. The first-order valence-corrected chi connectivity index (χ1v) is 9.39. The molecule has 0 radical (unpaired) electrons. The Morgan fingerprint density at radius 1 is 1.19 bits per heavy atom. The summed E-state index contributed by atoms with van der Waals surface area (Å²) in [6, 6.07) is 7.63. The molecule has 1 aliphatic rings. The van der Waals surface area contributed by atoms with Gasteiger partial charge in [-0.1, -0.05) is 15.9 Å². The lowest BCUT2D eigenvalue weighted by atomic mass is 9.97. The number of nitrogens with two attached hydrogens (primary N) is 1. The predicted octanol–water partition coefficient (Wildman–Crippen LogP) is 4.03. The van der Waals surface area contributed by atoms with Crippen molar-refractivity contribution in [3.8, 4) is 11.5 Å². The van der Waals surface area contributed by atoms with Crippen LogP contribution in [0.3, 0.4) is 0 Å². The zero-order valence-electron chi connectivity index (χ0n) is 14.5. The molecule has 0 atom stereocenters. The first-order valence-electron chi connectivity index (χ1n) is 8.60. The van der Waals surface area contributed by atoms with Gasteiger partial charge in [0, 0.05) is 33.3 Å². The standard InChI is InChI=1S/C20H15BrN4O2/c1-10-13-8-24-17(20(4-5-20)19(22)26)7-12(13)14(9-23-10)18-25-15-6-11(21)2-3-16(15)27-18/h2-3,6-9H,4-5H2,1H3,(H2,22,26). The van der Waals surface area contributed by atoms with E-state index in [0.29, 0.717) is 17.2 Å². The smallest absolute Gasteiger partial charge is 0.229 e. The van der Waals surface area contributed by atoms with Crippen molar-refractivity contribution < 1.29 is 9.21 Å². The van der Waals surface area contributed by atoms with Crippen molar-refractivity contribution >= 4 is 43.7 Å². The Balaban J connectivity index is 1.75. The van der Waals surface area contributed by atoms with E-state index in [-0.39, 0.29) is 5.91 Å². The van der Waals surface area contributed by atoms with Gasteiger partial charge >= 0.3 is 0 Å². The number of nitrogens with zero attached hydrogens (tertiary/aromatic N) is 3. The molecule has 5 rings (SSSR count). The van der Waals surface area contributed by atoms with E-state index < -0.39 is 5.41 Å². The molecule has 1 amide bonds. The van der Waals surface area contributed by atoms with Crippen molar-refractivity contribution in [1.29, 1.82) is 0 Å². The van der Waals surface area contributed by atoms with Gasteiger partial charge in [0.15, 0.2) is 5.58 Å². The van der Waals surface area contributed by atoms with Crippen LogP contribution in [0.4, 0.5) is 0 Å². The van der Waals surface area contributed by atoms with Gasteiger partial charge in [0.05, 0.1) is 16.7 Å². The fourth-order valence-corrected chi connectivity index (χ4v) is 3.82. The van der Waals surface area contributed by atoms with Gasteiger partial charge in [-0.05, 0) is 44.0 Å². The van der Waals surface area contributed by atoms with E-state index in [2.05, 4.69) is 30.9 Å². The monoisotopic (exact) mass is 422 g/mol. The Bertz CT molecular complexity index is 1240. The second kappa shape index (κ2) is 5.60. The fraction of sp³-hybridized carbons (Fsp3) is 0.200. The molecular weight excluding hydrogens is 408 g/mol. The molecular formula is C20H15BrN4O2. The molecule has 0 aliphatic heterocycles. The van der Waals surface area contributed by atoms with Crippen LogP contribution in [0.1, 0.15) is 24.2 Å². The van der Waals surface area contributed by atoms with Gasteiger partial charge in [-0.3, -0.25) is 14.8 Å². The number of carbonyl (C=O) groups excluding carboxylic acids is 1. The molecule has 4 aromatic rings. The van der Waals surface area contributed by atoms with Crippen molar-refractivity contribution in [2.45, 2.75) is 25.2 Å². The Kier molecular flexibility index (Phi) is 3.40. The van der Waals surface area contributed by atoms with E-state index in [1.54, 1.807) is 12.4 Å². The maximum absolute atomic E-state index is 11.9. The molecule has 1 aliphatic carbocycles. The van der Waals surface area contributed by atoms with Crippen LogP contribution in [0.25, 0.3) is 33.3 Å². The topological polar surface area (TPSA) is 94.9 Å². The van der Waals surface area contributed by atoms with Gasteiger partial charge in [0.25, 0.3) is 0 Å². The van der Waals surface area contributed by atoms with E-state index in [0.717, 1.165) is 44.9 Å². The molecule has 3 aromatic heterocycles. The Labute approximate surface area is 162 Å². The fourth-order valence-electron chi connectivity index (χ4n) is 3.47. The van der Waals surface area contributed by atoms with Crippen molar-refractivity contribution in [3.63, 3.8) is 0 Å². The molecule has 3 heterocycles. The summed E-state index contributed by atoms with van der Waals surface area (Å²) in [5.74, 6) is 0.162. The minimum atomic E-state index is -0.644. The van der Waals surface area contributed by atoms with Crippen molar-refractivity contribution in [3.05, 3.63) is 52.5 Å². The number of benzene rings is 1. The van der Waals surface area contributed by atoms with Crippen LogP contribution < -0.4 is 5.73 Å². The number of amides is 1. The lowest BCUT2D eigenvalue weighted by molar-refractivity contribution is -0.120. The maximum atomic E-state index is 11.9. The number of carbonyl (C=O) groups is 1. The number of hydrogen-bond donors (Lipinski definition) is 1. The Morgan fingerprint density at radius 3 is 2.74 bits per heavy atom. The highest BCUT2D eigenvalue weighted by Gasteiger charge is 2.51. The van der Waals surface area contributed by atoms with E-state index in [1.807, 2.05) is 31.2 Å². The summed E-state index contributed by atoms with van der Waals surface area (Å²) in [5.41, 5.74) is 8.77. The molecule has 0 spiro atoms. The number of halogens is 1. The minimum Gasteiger partial charge on any atom is -0.436 e. The average molecular weight is 423 g/mol. The molecule has 27 heavy (non-hydrogen) atoms. The first-order chi connectivity index (χ1) is 13.0. The number of hydrogen-bond acceptors (Lipinski definition) is 5. The normalized spacial score (nSPS) is 15.3. The van der Waals surface area contributed by atoms with Crippen LogP contribution in [0, 0.1) is 6.92 Å². The zero-order valence-corrected chi connectivity index (χ0v) is 16.1. The summed E-state index contributed by atoms with van der Waals surface area (Å²) >= 11 is 3.45. The molecule has 0 unspecified atom stereocenters. The molecule has 0 bridgehead atoms. The SMILES string of the molecule is Cc1ncc(-c2nc3cc(Br)ccc3o2)c2cc(C3(C(N)=O)CC3)ncc12. The highest BCUT2D eigenvalue weighted by atomic mass is 79.9. The third-order valence-corrected chi connectivity index (χ3v) is 5.76. The van der Waals surface area contributed by atoms with Gasteiger partial charge < -0.3 is 10.2 Å². The highest BCUT2D eigenvalue weighted by molar-refractivity contribution is 9.10. The van der Waals surface area contributed by atoms with Gasteiger partial charge in [-0.15, -0.1) is 0 Å². The summed E-state index contributed by atoms with van der Waals surface area (Å²) in [5, 5.41) is 1.81. The number of primary amides is 1. The molecule has 1 fully saturated rings. The van der Waals surface area contributed by atoms with Crippen LogP contribution in [-0.4, -0.2) is 20.9 Å². The quantitative estimate of drug-likeness (QED) is 0.537. The first kappa shape index (κ1) is 16.4. The number of rotatable bonds is 3. The van der Waals surface area contributed by atoms with Crippen LogP contribution in [-0.2, 0) is 10.2 Å². The van der Waals surface area contributed by atoms with Crippen molar-refractivity contribution in [1.82, 2.24) is 15.0 Å². The van der Waals surface area contributed by atoms with Crippen LogP contribution in [0.2, 0.25) is 0 Å². The van der Waals surface area contributed by atoms with Gasteiger partial charge in [-0.25, -0.2) is 4.98 Å². The third-order valence-electron chi connectivity index (χ3n) is 5.26. The van der Waals surface area contributed by atoms with Crippen molar-refractivity contribution in [2.75, 3.05) is 0 Å². The molecule has 134 valence electrons. The van der Waals surface area contributed by atoms with E-state index in [1.165, 1.54) is 0 Å². The van der Waals surface area contributed by atoms with Gasteiger partial charge in [-0.2, -0.15) is 0 Å². The molecule has 2 N–H and O–H groups in total. The number of aryl methyl sites for hydroxylation is 1. The number of fused-ring (bicyclic) bond motifs is 2.